The zero-order valence-electron chi connectivity index (χ0n) is 22.6. The van der Waals surface area contributed by atoms with E-state index in [1.807, 2.05) is 34.9 Å². The number of carbonyl (C=O) groups is 2. The summed E-state index contributed by atoms with van der Waals surface area (Å²) in [4.78, 5) is 29.3. The van der Waals surface area contributed by atoms with Crippen molar-refractivity contribution in [2.45, 2.75) is 19.3 Å². The first-order chi connectivity index (χ1) is 20.2. The molecule has 224 valence electrons. The summed E-state index contributed by atoms with van der Waals surface area (Å²) in [5, 5.41) is 0. The van der Waals surface area contributed by atoms with E-state index in [0.717, 1.165) is 10.6 Å². The smallest absolute Gasteiger partial charge is 0.335 e. The second-order valence-corrected chi connectivity index (χ2v) is 10.1. The van der Waals surface area contributed by atoms with Crippen LogP contribution in [0.4, 0.5) is 30.7 Å². The van der Waals surface area contributed by atoms with Gasteiger partial charge in [0.05, 0.1) is 22.4 Å². The highest BCUT2D eigenvalue weighted by Gasteiger charge is 2.38. The maximum absolute atomic E-state index is 13.7. The van der Waals surface area contributed by atoms with Gasteiger partial charge in [-0.3, -0.25) is 9.59 Å². The van der Waals surface area contributed by atoms with Gasteiger partial charge >= 0.3 is 12.4 Å². The van der Waals surface area contributed by atoms with E-state index in [0.29, 0.717) is 34.6 Å². The maximum atomic E-state index is 13.7. The number of carbonyl (C=O) groups excluding carboxylic acids is 2. The molecule has 1 aliphatic heterocycles. The molecule has 0 radical (unpaired) electrons. The van der Waals surface area contributed by atoms with Crippen LogP contribution in [0, 0.1) is 12.7 Å². The van der Waals surface area contributed by atoms with Crippen molar-refractivity contribution in [2.24, 2.45) is 0 Å². The van der Waals surface area contributed by atoms with Gasteiger partial charge in [-0.15, -0.1) is 0 Å². The van der Waals surface area contributed by atoms with E-state index in [1.165, 1.54) is 17.0 Å². The number of amides is 2. The van der Waals surface area contributed by atoms with Crippen LogP contribution >= 0.6 is 0 Å². The number of rotatable bonds is 4. The molecule has 43 heavy (non-hydrogen) atoms. The van der Waals surface area contributed by atoms with Gasteiger partial charge in [0.25, 0.3) is 11.8 Å². The molecule has 2 amide bonds. The third-order valence-electron chi connectivity index (χ3n) is 7.32. The molecule has 0 spiro atoms. The van der Waals surface area contributed by atoms with Crippen LogP contribution in [-0.2, 0) is 12.4 Å². The third kappa shape index (κ3) is 6.13. The van der Waals surface area contributed by atoms with Crippen molar-refractivity contribution in [3.05, 3.63) is 113 Å². The molecule has 5 nitrogen and oxygen atoms in total. The monoisotopic (exact) mass is 603 g/mol. The number of nitrogens with zero attached hydrogens (tertiary/aromatic N) is 3. The third-order valence-corrected chi connectivity index (χ3v) is 7.32. The minimum absolute atomic E-state index is 0.0114. The van der Waals surface area contributed by atoms with Crippen molar-refractivity contribution >= 4 is 11.8 Å². The van der Waals surface area contributed by atoms with Gasteiger partial charge in [-0.25, -0.2) is 4.39 Å². The molecule has 2 heterocycles. The first kappa shape index (κ1) is 29.9. The highest BCUT2D eigenvalue weighted by molar-refractivity contribution is 5.98. The van der Waals surface area contributed by atoms with Gasteiger partial charge in [0.2, 0.25) is 0 Å². The van der Waals surface area contributed by atoms with Gasteiger partial charge in [-0.05, 0) is 73.2 Å². The Morgan fingerprint density at radius 2 is 1.19 bits per heavy atom. The number of aromatic nitrogens is 1. The lowest BCUT2D eigenvalue weighted by Crippen LogP contribution is -2.50. The van der Waals surface area contributed by atoms with Crippen LogP contribution in [-0.4, -0.2) is 52.4 Å². The molecule has 1 aromatic heterocycles. The Morgan fingerprint density at radius 1 is 0.674 bits per heavy atom. The second kappa shape index (κ2) is 11.2. The van der Waals surface area contributed by atoms with Gasteiger partial charge in [0.15, 0.2) is 0 Å². The van der Waals surface area contributed by atoms with Crippen LogP contribution in [0.1, 0.15) is 37.5 Å². The zero-order chi connectivity index (χ0) is 31.1. The number of hydrogen-bond donors (Lipinski definition) is 0. The number of halogens is 7. The molecular weight excluding hydrogens is 579 g/mol. The molecule has 0 atom stereocenters. The molecule has 0 aliphatic carbocycles. The quantitative estimate of drug-likeness (QED) is 0.231. The van der Waals surface area contributed by atoms with E-state index in [2.05, 4.69) is 0 Å². The highest BCUT2D eigenvalue weighted by atomic mass is 19.4. The molecule has 1 fully saturated rings. The molecule has 4 aromatic rings. The Kier molecular flexibility index (Phi) is 7.80. The molecule has 1 saturated heterocycles. The molecule has 0 bridgehead atoms. The first-order valence-electron chi connectivity index (χ1n) is 13.2. The summed E-state index contributed by atoms with van der Waals surface area (Å²) in [6.07, 6.45) is -10.2. The summed E-state index contributed by atoms with van der Waals surface area (Å²) in [6.45, 7) is 1.60. The van der Waals surface area contributed by atoms with Crippen molar-refractivity contribution < 1.29 is 40.3 Å². The van der Waals surface area contributed by atoms with E-state index in [9.17, 15) is 40.3 Å². The van der Waals surface area contributed by atoms with Crippen molar-refractivity contribution in [1.29, 1.82) is 0 Å². The summed E-state index contributed by atoms with van der Waals surface area (Å²) in [5.74, 6) is -1.77. The Morgan fingerprint density at radius 3 is 1.70 bits per heavy atom. The minimum Gasteiger partial charge on any atom is -0.335 e. The summed E-state index contributed by atoms with van der Waals surface area (Å²) in [7, 11) is 0. The number of hydrogen-bond acceptors (Lipinski definition) is 2. The summed E-state index contributed by atoms with van der Waals surface area (Å²) in [6, 6.07) is 17.5. The largest absolute Gasteiger partial charge is 0.416 e. The molecule has 1 aliphatic rings. The Bertz CT molecular complexity index is 1620. The van der Waals surface area contributed by atoms with Crippen LogP contribution in [0.15, 0.2) is 78.9 Å². The lowest BCUT2D eigenvalue weighted by atomic mass is 10.0. The molecule has 0 saturated carbocycles. The normalized spacial score (nSPS) is 14.2. The first-order valence-corrected chi connectivity index (χ1v) is 13.2. The van der Waals surface area contributed by atoms with Crippen LogP contribution in [0.25, 0.3) is 16.9 Å². The van der Waals surface area contributed by atoms with Crippen LogP contribution in [0.3, 0.4) is 0 Å². The molecule has 0 unspecified atom stereocenters. The SMILES string of the molecule is Cc1c(C(=O)N2CCN(C(=O)c3cc(C(F)(F)F)cc(C(F)(F)F)c3)CC2)cc(-c2ccc(F)cc2)n1-c1ccccc1. The van der Waals surface area contributed by atoms with E-state index in [4.69, 9.17) is 0 Å². The summed E-state index contributed by atoms with van der Waals surface area (Å²) < 4.78 is 95.2. The molecule has 12 heteroatoms. The number of benzene rings is 3. The highest BCUT2D eigenvalue weighted by Crippen LogP contribution is 2.37. The van der Waals surface area contributed by atoms with E-state index in [1.54, 1.807) is 25.1 Å². The van der Waals surface area contributed by atoms with Gasteiger partial charge in [0.1, 0.15) is 5.82 Å². The zero-order valence-corrected chi connectivity index (χ0v) is 22.6. The van der Waals surface area contributed by atoms with E-state index < -0.39 is 40.8 Å². The van der Waals surface area contributed by atoms with Gasteiger partial charge in [-0.1, -0.05) is 18.2 Å². The van der Waals surface area contributed by atoms with Crippen LogP contribution in [0.2, 0.25) is 0 Å². The fourth-order valence-corrected chi connectivity index (χ4v) is 5.11. The van der Waals surface area contributed by atoms with Gasteiger partial charge in [-0.2, -0.15) is 26.3 Å². The lowest BCUT2D eigenvalue weighted by molar-refractivity contribution is -0.143. The predicted molar refractivity (Wildman–Crippen MR) is 144 cm³/mol. The van der Waals surface area contributed by atoms with Crippen LogP contribution in [0.5, 0.6) is 0 Å². The lowest BCUT2D eigenvalue weighted by Gasteiger charge is -2.35. The minimum atomic E-state index is -5.08. The van der Waals surface area contributed by atoms with Gasteiger partial charge < -0.3 is 14.4 Å². The van der Waals surface area contributed by atoms with Crippen LogP contribution < -0.4 is 0 Å². The summed E-state index contributed by atoms with van der Waals surface area (Å²) in [5.41, 5.74) is -0.833. The molecule has 0 N–H and O–H groups in total. The Hall–Kier alpha value is -4.61. The van der Waals surface area contributed by atoms with Crippen molar-refractivity contribution in [3.8, 4) is 16.9 Å². The van der Waals surface area contributed by atoms with Crippen molar-refractivity contribution in [2.75, 3.05) is 26.2 Å². The second-order valence-electron chi connectivity index (χ2n) is 10.1. The average molecular weight is 604 g/mol. The fourth-order valence-electron chi connectivity index (χ4n) is 5.11. The molecule has 3 aromatic carbocycles. The molecule has 5 rings (SSSR count). The fraction of sp³-hybridized carbons (Fsp3) is 0.226. The topological polar surface area (TPSA) is 45.6 Å². The van der Waals surface area contributed by atoms with E-state index in [-0.39, 0.29) is 38.2 Å². The standard InChI is InChI=1S/C31H24F7N3O2/c1-19-26(18-27(20-7-9-24(32)10-8-20)41(19)25-5-3-2-4-6-25)29(43)40-13-11-39(12-14-40)28(42)21-15-22(30(33,34)35)17-23(16-21)31(36,37)38/h2-10,15-18H,11-14H2,1H3. The summed E-state index contributed by atoms with van der Waals surface area (Å²) >= 11 is 0. The predicted octanol–water partition coefficient (Wildman–Crippen LogP) is 7.23. The molecular formula is C31H24F7N3O2. The van der Waals surface area contributed by atoms with Crippen molar-refractivity contribution in [1.82, 2.24) is 14.4 Å². The van der Waals surface area contributed by atoms with Crippen molar-refractivity contribution in [3.63, 3.8) is 0 Å². The van der Waals surface area contributed by atoms with Gasteiger partial charge in [0, 0.05) is 43.1 Å². The Labute approximate surface area is 241 Å². The maximum Gasteiger partial charge on any atom is 0.416 e. The number of alkyl halides is 6. The number of piperazine rings is 1. The Balaban J connectivity index is 1.39. The van der Waals surface area contributed by atoms with E-state index >= 15 is 0 Å². The average Bonchev–Trinajstić information content (AvgIpc) is 3.33. The number of para-hydroxylation sites is 1.